The number of carboxylic acid groups (broad SMARTS) is 1. The molecule has 1 N–H and O–H groups in total. The zero-order chi connectivity index (χ0) is 42.6. The Hall–Kier alpha value is -4.62. The fraction of sp³-hybridized carbons (Fsp3) is 0.426. The molecule has 4 atom stereocenters. The molecule has 4 aromatic rings. The van der Waals surface area contributed by atoms with E-state index in [1.165, 1.54) is 21.5 Å². The number of allylic oxidation sites excluding steroid dienone is 1. The first-order valence-corrected chi connectivity index (χ1v) is 22.5. The largest absolute Gasteiger partial charge is 0.497 e. The fourth-order valence-corrected chi connectivity index (χ4v) is 10.8. The van der Waals surface area contributed by atoms with Crippen LogP contribution in [0, 0.1) is 5.92 Å². The Morgan fingerprint density at radius 2 is 1.67 bits per heavy atom. The van der Waals surface area contributed by atoms with Crippen molar-refractivity contribution < 1.29 is 36.9 Å². The summed E-state index contributed by atoms with van der Waals surface area (Å²) in [7, 11) is -0.660. The van der Waals surface area contributed by atoms with Crippen LogP contribution in [0.15, 0.2) is 96.8 Å². The van der Waals surface area contributed by atoms with Gasteiger partial charge in [-0.1, -0.05) is 54.9 Å². The number of fused-ring (bicyclic) bond motifs is 3. The van der Waals surface area contributed by atoms with Crippen LogP contribution in [0.5, 0.6) is 17.2 Å². The quantitative estimate of drug-likeness (QED) is 0.118. The Balaban J connectivity index is 1.04. The molecule has 320 valence electrons. The van der Waals surface area contributed by atoms with Gasteiger partial charge in [-0.25, -0.2) is 17.6 Å². The average Bonchev–Trinajstić information content (AvgIpc) is 3.39. The number of likely N-dealkylation sites (tertiary alicyclic amines) is 1. The molecule has 0 radical (unpaired) electrons. The molecule has 2 heterocycles. The molecule has 4 aromatic carbocycles. The highest BCUT2D eigenvalue weighted by atomic mass is 35.5. The SMILES string of the molecule is COc1ccc(CN(Cc2ccc(OC)cc2)S(=O)(=O)C(C)C(C)CC=C(F)CN2CC[C@H]2CN2C[C@@]3(CCCc4cc(Cl)ccc43)COc3ccc(C(=O)O)cc32)cc1. The van der Waals surface area contributed by atoms with E-state index < -0.39 is 21.2 Å². The molecular weight excluding hydrogens is 805 g/mol. The lowest BCUT2D eigenvalue weighted by atomic mass is 9.70. The van der Waals surface area contributed by atoms with Gasteiger partial charge in [0, 0.05) is 49.2 Å². The molecule has 1 spiro atoms. The van der Waals surface area contributed by atoms with E-state index in [1.807, 2.05) is 67.6 Å². The molecule has 0 aromatic heterocycles. The number of halogens is 2. The standard InChI is InChI=1S/C47H55ClFN3O7S/c1-32(33(2)60(55,56)52(26-34-8-15-41(57-3)16-9-34)27-35-10-17-42(58-4)18-11-35)7-14-39(49)28-50-23-21-40(50)29-51-30-47(22-5-6-36-24-38(48)13-19-43(36)47)31-59-45-20-12-37(46(53)54)25-44(45)51/h8-20,24-25,32-33,40H,5-7,21-23,26-31H2,1-4H3,(H,53,54)/t32?,33?,40-,47-/m0/s1. The second-order valence-electron chi connectivity index (χ2n) is 16.6. The van der Waals surface area contributed by atoms with Gasteiger partial charge in [0.25, 0.3) is 0 Å². The van der Waals surface area contributed by atoms with Crippen LogP contribution in [0.4, 0.5) is 10.1 Å². The first kappa shape index (κ1) is 43.5. The number of benzene rings is 4. The first-order valence-electron chi connectivity index (χ1n) is 20.7. The van der Waals surface area contributed by atoms with Crippen LogP contribution in [0.3, 0.4) is 0 Å². The highest BCUT2D eigenvalue weighted by Crippen LogP contribution is 2.45. The molecule has 2 unspecified atom stereocenters. The number of methoxy groups -OCH3 is 2. The summed E-state index contributed by atoms with van der Waals surface area (Å²) in [4.78, 5) is 16.4. The Morgan fingerprint density at radius 1 is 1.00 bits per heavy atom. The number of anilines is 1. The predicted molar refractivity (Wildman–Crippen MR) is 234 cm³/mol. The summed E-state index contributed by atoms with van der Waals surface area (Å²) >= 11 is 6.42. The Bertz CT molecular complexity index is 2240. The molecule has 7 rings (SSSR count). The molecule has 1 fully saturated rings. The van der Waals surface area contributed by atoms with Gasteiger partial charge < -0.3 is 24.2 Å². The average molecular weight is 860 g/mol. The van der Waals surface area contributed by atoms with E-state index in [9.17, 15) is 18.3 Å². The van der Waals surface area contributed by atoms with Crippen molar-refractivity contribution >= 4 is 33.3 Å². The van der Waals surface area contributed by atoms with E-state index in [2.05, 4.69) is 15.9 Å². The number of sulfonamides is 1. The third-order valence-corrected chi connectivity index (χ3v) is 15.3. The summed E-state index contributed by atoms with van der Waals surface area (Å²) in [6.07, 6.45) is 5.48. The molecule has 0 amide bonds. The fourth-order valence-electron chi connectivity index (χ4n) is 8.81. The van der Waals surface area contributed by atoms with E-state index in [4.69, 9.17) is 25.8 Å². The molecule has 1 aliphatic carbocycles. The van der Waals surface area contributed by atoms with Crippen molar-refractivity contribution in [3.8, 4) is 17.2 Å². The maximum Gasteiger partial charge on any atom is 0.335 e. The van der Waals surface area contributed by atoms with Crippen molar-refractivity contribution in [3.05, 3.63) is 130 Å². The zero-order valence-electron chi connectivity index (χ0n) is 34.8. The van der Waals surface area contributed by atoms with Crippen molar-refractivity contribution in [1.29, 1.82) is 0 Å². The summed E-state index contributed by atoms with van der Waals surface area (Å²) in [6, 6.07) is 25.8. The topological polar surface area (TPSA) is 109 Å². The van der Waals surface area contributed by atoms with Crippen molar-refractivity contribution in [2.75, 3.05) is 51.9 Å². The maximum absolute atomic E-state index is 15.9. The number of ether oxygens (including phenoxy) is 3. The molecule has 2 aliphatic heterocycles. The van der Waals surface area contributed by atoms with E-state index in [1.54, 1.807) is 39.3 Å². The number of carboxylic acids is 1. The summed E-state index contributed by atoms with van der Waals surface area (Å²) in [5.74, 6) is 0.329. The third kappa shape index (κ3) is 9.62. The number of nitrogens with zero attached hydrogens (tertiary/aromatic N) is 3. The number of carbonyl (C=O) groups is 1. The van der Waals surface area contributed by atoms with Crippen LogP contribution in [0.1, 0.15) is 72.1 Å². The summed E-state index contributed by atoms with van der Waals surface area (Å²) in [6.45, 7) is 6.38. The van der Waals surface area contributed by atoms with E-state index in [-0.39, 0.29) is 54.8 Å². The number of hydrogen-bond donors (Lipinski definition) is 1. The van der Waals surface area contributed by atoms with Crippen molar-refractivity contribution in [3.63, 3.8) is 0 Å². The highest BCUT2D eigenvalue weighted by molar-refractivity contribution is 7.89. The normalized spacial score (nSPS) is 20.4. The van der Waals surface area contributed by atoms with Crippen LogP contribution in [0.2, 0.25) is 5.02 Å². The molecule has 3 aliphatic rings. The van der Waals surface area contributed by atoms with Crippen LogP contribution in [0.25, 0.3) is 0 Å². The molecule has 0 saturated carbocycles. The van der Waals surface area contributed by atoms with Gasteiger partial charge in [0.15, 0.2) is 0 Å². The highest BCUT2D eigenvalue weighted by Gasteiger charge is 2.43. The summed E-state index contributed by atoms with van der Waals surface area (Å²) < 4.78 is 63.1. The van der Waals surface area contributed by atoms with Crippen LogP contribution in [-0.2, 0) is 34.9 Å². The van der Waals surface area contributed by atoms with Crippen LogP contribution < -0.4 is 19.1 Å². The molecule has 60 heavy (non-hydrogen) atoms. The predicted octanol–water partition coefficient (Wildman–Crippen LogP) is 8.90. The number of aryl methyl sites for hydroxylation is 1. The lowest BCUT2D eigenvalue weighted by Crippen LogP contribution is -2.56. The molecule has 10 nitrogen and oxygen atoms in total. The Morgan fingerprint density at radius 3 is 2.27 bits per heavy atom. The Kier molecular flexibility index (Phi) is 13.4. The smallest absolute Gasteiger partial charge is 0.335 e. The van der Waals surface area contributed by atoms with Gasteiger partial charge in [0.1, 0.15) is 23.1 Å². The first-order chi connectivity index (χ1) is 28.8. The van der Waals surface area contributed by atoms with Crippen molar-refractivity contribution in [2.24, 2.45) is 5.92 Å². The number of hydrogen-bond acceptors (Lipinski definition) is 8. The third-order valence-electron chi connectivity index (χ3n) is 12.7. The monoisotopic (exact) mass is 859 g/mol. The summed E-state index contributed by atoms with van der Waals surface area (Å²) in [5.41, 5.74) is 4.66. The molecule has 0 bridgehead atoms. The van der Waals surface area contributed by atoms with Gasteiger partial charge >= 0.3 is 5.97 Å². The van der Waals surface area contributed by atoms with Gasteiger partial charge in [0.2, 0.25) is 10.0 Å². The van der Waals surface area contributed by atoms with Crippen LogP contribution >= 0.6 is 11.6 Å². The van der Waals surface area contributed by atoms with E-state index >= 15 is 4.39 Å². The maximum atomic E-state index is 15.9. The van der Waals surface area contributed by atoms with Crippen molar-refractivity contribution in [2.45, 2.75) is 75.7 Å². The van der Waals surface area contributed by atoms with Gasteiger partial charge in [-0.3, -0.25) is 4.90 Å². The van der Waals surface area contributed by atoms with E-state index in [0.717, 1.165) is 49.0 Å². The lowest BCUT2D eigenvalue weighted by Gasteiger charge is -2.46. The van der Waals surface area contributed by atoms with Gasteiger partial charge in [-0.15, -0.1) is 0 Å². The minimum Gasteiger partial charge on any atom is -0.497 e. The molecule has 1 saturated heterocycles. The van der Waals surface area contributed by atoms with Crippen molar-refractivity contribution in [1.82, 2.24) is 9.21 Å². The second-order valence-corrected chi connectivity index (χ2v) is 19.3. The van der Waals surface area contributed by atoms with Gasteiger partial charge in [-0.05, 0) is 122 Å². The second kappa shape index (κ2) is 18.6. The Labute approximate surface area is 358 Å². The number of aromatic carboxylic acids is 1. The molecule has 13 heteroatoms. The van der Waals surface area contributed by atoms with Gasteiger partial charge in [0.05, 0.1) is 43.9 Å². The summed E-state index contributed by atoms with van der Waals surface area (Å²) in [5, 5.41) is 9.81. The zero-order valence-corrected chi connectivity index (χ0v) is 36.4. The minimum atomic E-state index is -3.84. The van der Waals surface area contributed by atoms with E-state index in [0.29, 0.717) is 42.0 Å². The lowest BCUT2D eigenvalue weighted by molar-refractivity contribution is 0.0696. The minimum absolute atomic E-state index is 0.0232. The number of rotatable bonds is 16. The van der Waals surface area contributed by atoms with Crippen LogP contribution in [-0.4, -0.2) is 87.0 Å². The molecular formula is C47H55ClFN3O7S. The van der Waals surface area contributed by atoms with Gasteiger partial charge in [-0.2, -0.15) is 4.31 Å².